The molecule has 0 bridgehead atoms. The SMILES string of the molecule is CC(C)Cn1c(SC(C)C#N)nnc1-c1ccc(Cl)cc1Cl. The fourth-order valence-electron chi connectivity index (χ4n) is 1.96. The van der Waals surface area contributed by atoms with Crippen molar-refractivity contribution in [3.63, 3.8) is 0 Å². The first-order valence-corrected chi connectivity index (χ1v) is 8.50. The predicted molar refractivity (Wildman–Crippen MR) is 91.2 cm³/mol. The van der Waals surface area contributed by atoms with Crippen molar-refractivity contribution >= 4 is 35.0 Å². The van der Waals surface area contributed by atoms with Gasteiger partial charge in [-0.15, -0.1) is 10.2 Å². The molecule has 0 fully saturated rings. The summed E-state index contributed by atoms with van der Waals surface area (Å²) in [7, 11) is 0. The summed E-state index contributed by atoms with van der Waals surface area (Å²) in [6.07, 6.45) is 0. The van der Waals surface area contributed by atoms with E-state index in [2.05, 4.69) is 30.1 Å². The monoisotopic (exact) mass is 354 g/mol. The van der Waals surface area contributed by atoms with Crippen molar-refractivity contribution in [3.8, 4) is 17.5 Å². The minimum absolute atomic E-state index is 0.191. The highest BCUT2D eigenvalue weighted by molar-refractivity contribution is 8.00. The number of halogens is 2. The summed E-state index contributed by atoms with van der Waals surface area (Å²) in [5.41, 5.74) is 0.788. The molecule has 1 unspecified atom stereocenters. The first kappa shape index (κ1) is 17.1. The van der Waals surface area contributed by atoms with Crippen molar-refractivity contribution in [1.29, 1.82) is 5.26 Å². The second-order valence-electron chi connectivity index (χ2n) is 5.32. The van der Waals surface area contributed by atoms with Crippen LogP contribution in [-0.2, 0) is 6.54 Å². The van der Waals surface area contributed by atoms with Gasteiger partial charge in [0, 0.05) is 17.1 Å². The van der Waals surface area contributed by atoms with E-state index < -0.39 is 0 Å². The van der Waals surface area contributed by atoms with Crippen molar-refractivity contribution in [2.24, 2.45) is 5.92 Å². The molecule has 7 heteroatoms. The highest BCUT2D eigenvalue weighted by Crippen LogP contribution is 2.32. The van der Waals surface area contributed by atoms with Crippen LogP contribution in [0.3, 0.4) is 0 Å². The van der Waals surface area contributed by atoms with Crippen LogP contribution in [0.2, 0.25) is 10.0 Å². The van der Waals surface area contributed by atoms with Gasteiger partial charge >= 0.3 is 0 Å². The van der Waals surface area contributed by atoms with E-state index in [-0.39, 0.29) is 5.25 Å². The first-order valence-electron chi connectivity index (χ1n) is 6.87. The van der Waals surface area contributed by atoms with Crippen molar-refractivity contribution in [2.75, 3.05) is 0 Å². The van der Waals surface area contributed by atoms with Gasteiger partial charge in [-0.3, -0.25) is 0 Å². The third kappa shape index (κ3) is 3.95. The molecule has 1 aromatic carbocycles. The molecule has 2 rings (SSSR count). The quantitative estimate of drug-likeness (QED) is 0.715. The lowest BCUT2D eigenvalue weighted by Crippen LogP contribution is -2.09. The maximum atomic E-state index is 9.00. The standard InChI is InChI=1S/C15H16Cl2N4S/c1-9(2)8-21-14(12-5-4-11(16)6-13(12)17)19-20-15(21)22-10(3)7-18/h4-6,9-10H,8H2,1-3H3. The maximum Gasteiger partial charge on any atom is 0.192 e. The zero-order valence-corrected chi connectivity index (χ0v) is 14.9. The van der Waals surface area contributed by atoms with Crippen LogP contribution in [-0.4, -0.2) is 20.0 Å². The Kier molecular flexibility index (Phi) is 5.74. The van der Waals surface area contributed by atoms with Crippen LogP contribution in [0.1, 0.15) is 20.8 Å². The highest BCUT2D eigenvalue weighted by atomic mass is 35.5. The van der Waals surface area contributed by atoms with E-state index in [1.54, 1.807) is 12.1 Å². The molecule has 4 nitrogen and oxygen atoms in total. The zero-order valence-electron chi connectivity index (χ0n) is 12.5. The average molecular weight is 355 g/mol. The molecule has 2 aromatic rings. The second-order valence-corrected chi connectivity index (χ2v) is 7.48. The van der Waals surface area contributed by atoms with Crippen LogP contribution >= 0.6 is 35.0 Å². The van der Waals surface area contributed by atoms with Crippen LogP contribution in [0.25, 0.3) is 11.4 Å². The van der Waals surface area contributed by atoms with Gasteiger partial charge in [0.2, 0.25) is 0 Å². The summed E-state index contributed by atoms with van der Waals surface area (Å²) in [6.45, 7) is 6.83. The van der Waals surface area contributed by atoms with Gasteiger partial charge in [0.05, 0.1) is 16.3 Å². The first-order chi connectivity index (χ1) is 10.4. The van der Waals surface area contributed by atoms with Gasteiger partial charge in [0.15, 0.2) is 11.0 Å². The van der Waals surface area contributed by atoms with Gasteiger partial charge in [0.25, 0.3) is 0 Å². The van der Waals surface area contributed by atoms with E-state index in [1.807, 2.05) is 17.6 Å². The van der Waals surface area contributed by atoms with Crippen molar-refractivity contribution in [1.82, 2.24) is 14.8 Å². The topological polar surface area (TPSA) is 54.5 Å². The Labute approximate surface area is 144 Å². The van der Waals surface area contributed by atoms with E-state index >= 15 is 0 Å². The second kappa shape index (κ2) is 7.36. The summed E-state index contributed by atoms with van der Waals surface area (Å²) in [5, 5.41) is 19.2. The van der Waals surface area contributed by atoms with E-state index in [9.17, 15) is 0 Å². The Bertz CT molecular complexity index is 706. The molecule has 0 aliphatic heterocycles. The predicted octanol–water partition coefficient (Wildman–Crippen LogP) is 4.91. The van der Waals surface area contributed by atoms with Gasteiger partial charge in [-0.25, -0.2) is 0 Å². The minimum atomic E-state index is -0.191. The van der Waals surface area contributed by atoms with Crippen LogP contribution in [0, 0.1) is 17.2 Å². The molecule has 1 aromatic heterocycles. The number of nitrogens with zero attached hydrogens (tertiary/aromatic N) is 4. The van der Waals surface area contributed by atoms with Crippen LogP contribution < -0.4 is 0 Å². The summed E-state index contributed by atoms with van der Waals surface area (Å²) >= 11 is 13.6. The van der Waals surface area contributed by atoms with E-state index in [0.29, 0.717) is 21.8 Å². The molecule has 0 saturated carbocycles. The van der Waals surface area contributed by atoms with Crippen LogP contribution in [0.5, 0.6) is 0 Å². The third-order valence-corrected chi connectivity index (χ3v) is 4.42. The Morgan fingerprint density at radius 2 is 2.00 bits per heavy atom. The molecular formula is C15H16Cl2N4S. The number of hydrogen-bond donors (Lipinski definition) is 0. The normalized spacial score (nSPS) is 12.4. The van der Waals surface area contributed by atoms with Gasteiger partial charge in [-0.2, -0.15) is 5.26 Å². The van der Waals surface area contributed by atoms with Crippen molar-refractivity contribution < 1.29 is 0 Å². The molecule has 0 N–H and O–H groups in total. The number of rotatable bonds is 5. The Morgan fingerprint density at radius 1 is 1.27 bits per heavy atom. The molecule has 0 aliphatic carbocycles. The summed E-state index contributed by atoms with van der Waals surface area (Å²) in [4.78, 5) is 0. The Balaban J connectivity index is 2.49. The molecule has 116 valence electrons. The van der Waals surface area contributed by atoms with Gasteiger partial charge in [0.1, 0.15) is 0 Å². The van der Waals surface area contributed by atoms with Gasteiger partial charge < -0.3 is 4.57 Å². The number of benzene rings is 1. The number of hydrogen-bond acceptors (Lipinski definition) is 4. The smallest absolute Gasteiger partial charge is 0.192 e. The fraction of sp³-hybridized carbons (Fsp3) is 0.400. The molecule has 22 heavy (non-hydrogen) atoms. The van der Waals surface area contributed by atoms with E-state index in [4.69, 9.17) is 28.5 Å². The lowest BCUT2D eigenvalue weighted by Gasteiger charge is -2.13. The molecule has 1 atom stereocenters. The fourth-order valence-corrected chi connectivity index (χ4v) is 3.20. The zero-order chi connectivity index (χ0) is 16.3. The minimum Gasteiger partial charge on any atom is -0.302 e. The van der Waals surface area contributed by atoms with Crippen LogP contribution in [0.15, 0.2) is 23.4 Å². The lowest BCUT2D eigenvalue weighted by atomic mass is 10.2. The van der Waals surface area contributed by atoms with Crippen molar-refractivity contribution in [3.05, 3.63) is 28.2 Å². The molecule has 0 amide bonds. The number of nitriles is 1. The van der Waals surface area contributed by atoms with Crippen molar-refractivity contribution in [2.45, 2.75) is 37.7 Å². The molecule has 0 radical (unpaired) electrons. The molecule has 0 spiro atoms. The molecule has 1 heterocycles. The third-order valence-electron chi connectivity index (χ3n) is 2.90. The highest BCUT2D eigenvalue weighted by Gasteiger charge is 2.19. The van der Waals surface area contributed by atoms with E-state index in [0.717, 1.165) is 17.3 Å². The summed E-state index contributed by atoms with van der Waals surface area (Å²) < 4.78 is 2.01. The largest absolute Gasteiger partial charge is 0.302 e. The number of thioether (sulfide) groups is 1. The molecular weight excluding hydrogens is 339 g/mol. The Hall–Kier alpha value is -1.22. The number of aromatic nitrogens is 3. The summed E-state index contributed by atoms with van der Waals surface area (Å²) in [6, 6.07) is 7.51. The van der Waals surface area contributed by atoms with Crippen LogP contribution in [0.4, 0.5) is 0 Å². The van der Waals surface area contributed by atoms with Gasteiger partial charge in [-0.1, -0.05) is 48.8 Å². The Morgan fingerprint density at radius 3 is 2.59 bits per heavy atom. The van der Waals surface area contributed by atoms with Gasteiger partial charge in [-0.05, 0) is 31.0 Å². The molecule has 0 saturated heterocycles. The molecule has 0 aliphatic rings. The summed E-state index contributed by atoms with van der Waals surface area (Å²) in [5.74, 6) is 1.11. The lowest BCUT2D eigenvalue weighted by molar-refractivity contribution is 0.498. The van der Waals surface area contributed by atoms with E-state index in [1.165, 1.54) is 11.8 Å². The average Bonchev–Trinajstić information content (AvgIpc) is 2.81. The maximum absolute atomic E-state index is 9.00.